The highest BCUT2D eigenvalue weighted by Gasteiger charge is 2.33. The van der Waals surface area contributed by atoms with E-state index in [-0.39, 0.29) is 12.1 Å². The minimum absolute atomic E-state index is 0.00673. The van der Waals surface area contributed by atoms with E-state index in [1.807, 2.05) is 20.8 Å². The fourth-order valence-electron chi connectivity index (χ4n) is 2.49. The summed E-state index contributed by atoms with van der Waals surface area (Å²) < 4.78 is 21.7. The zero-order valence-electron chi connectivity index (χ0n) is 15.6. The number of hydrogen-bond acceptors (Lipinski definition) is 6. The number of carbonyl (C=O) groups excluding carboxylic acids is 2. The van der Waals surface area contributed by atoms with Gasteiger partial charge in [-0.25, -0.2) is 9.59 Å². The number of amides is 1. The normalized spacial score (nSPS) is 19.2. The number of alkyl carbamates (subject to hydrolysis) is 1. The fourth-order valence-corrected chi connectivity index (χ4v) is 3.05. The van der Waals surface area contributed by atoms with Gasteiger partial charge in [0, 0.05) is 24.9 Å². The Balaban J connectivity index is 1.95. The lowest BCUT2D eigenvalue weighted by Crippen LogP contribution is -2.50. The van der Waals surface area contributed by atoms with Gasteiger partial charge in [0.05, 0.1) is 24.3 Å². The molecule has 26 heavy (non-hydrogen) atoms. The van der Waals surface area contributed by atoms with E-state index < -0.39 is 17.7 Å². The zero-order valence-corrected chi connectivity index (χ0v) is 17.1. The second-order valence-electron chi connectivity index (χ2n) is 7.03. The fraction of sp³-hybridized carbons (Fsp3) is 0.556. The average molecular weight is 430 g/mol. The Morgan fingerprint density at radius 2 is 1.85 bits per heavy atom. The minimum Gasteiger partial charge on any atom is -0.495 e. The molecule has 0 bridgehead atoms. The molecule has 1 saturated carbocycles. The summed E-state index contributed by atoms with van der Waals surface area (Å²) in [5, 5.41) is 2.81. The summed E-state index contributed by atoms with van der Waals surface area (Å²) in [6.45, 7) is 5.46. The van der Waals surface area contributed by atoms with Gasteiger partial charge >= 0.3 is 12.1 Å². The Kier molecular flexibility index (Phi) is 6.39. The molecule has 1 aromatic carbocycles. The third-order valence-corrected chi connectivity index (χ3v) is 4.57. The predicted octanol–water partition coefficient (Wildman–Crippen LogP) is 3.68. The molecule has 0 radical (unpaired) electrons. The molecule has 144 valence electrons. The van der Waals surface area contributed by atoms with Crippen molar-refractivity contribution in [3.8, 4) is 11.5 Å². The smallest absolute Gasteiger partial charge is 0.407 e. The maximum atomic E-state index is 11.9. The molecular formula is C18H24BrNO6. The summed E-state index contributed by atoms with van der Waals surface area (Å²) in [7, 11) is 2.82. The van der Waals surface area contributed by atoms with Gasteiger partial charge in [-0.3, -0.25) is 0 Å². The minimum atomic E-state index is -0.526. The highest BCUT2D eigenvalue weighted by atomic mass is 79.9. The first kappa shape index (κ1) is 20.4. The second-order valence-corrected chi connectivity index (χ2v) is 7.83. The van der Waals surface area contributed by atoms with Crippen LogP contribution in [0.3, 0.4) is 0 Å². The number of rotatable bonds is 5. The van der Waals surface area contributed by atoms with Gasteiger partial charge in [0.2, 0.25) is 0 Å². The summed E-state index contributed by atoms with van der Waals surface area (Å²) in [5.41, 5.74) is -0.202. The molecule has 0 heterocycles. The maximum Gasteiger partial charge on any atom is 0.407 e. The molecule has 8 heteroatoms. The summed E-state index contributed by atoms with van der Waals surface area (Å²) in [5.74, 6) is 0.496. The first-order chi connectivity index (χ1) is 12.1. The Morgan fingerprint density at radius 3 is 2.38 bits per heavy atom. The monoisotopic (exact) mass is 429 g/mol. The number of halogens is 1. The lowest BCUT2D eigenvalue weighted by molar-refractivity contribution is 0.0360. The van der Waals surface area contributed by atoms with Gasteiger partial charge in [-0.15, -0.1) is 0 Å². The average Bonchev–Trinajstić information content (AvgIpc) is 2.51. The molecule has 1 fully saturated rings. The van der Waals surface area contributed by atoms with E-state index in [2.05, 4.69) is 21.2 Å². The Hall–Kier alpha value is -1.96. The number of carbonyl (C=O) groups is 2. The van der Waals surface area contributed by atoms with Crippen LogP contribution in [0.5, 0.6) is 11.5 Å². The van der Waals surface area contributed by atoms with E-state index in [1.165, 1.54) is 14.2 Å². The Labute approximate surface area is 161 Å². The van der Waals surface area contributed by atoms with Gasteiger partial charge in [-0.1, -0.05) is 0 Å². The standard InChI is InChI=1S/C18H24BrNO6/c1-18(2,3)26-17(22)20-10-6-11(7-10)25-12-8-13(16(21)24-5)15(19)14(9-12)23-4/h8-11H,6-7H2,1-5H3,(H,20,22)/t10-,11-. The van der Waals surface area contributed by atoms with Crippen molar-refractivity contribution < 1.29 is 28.5 Å². The summed E-state index contributed by atoms with van der Waals surface area (Å²) >= 11 is 3.33. The Bertz CT molecular complexity index is 679. The molecule has 0 aromatic heterocycles. The molecule has 1 N–H and O–H groups in total. The van der Waals surface area contributed by atoms with Crippen LogP contribution in [0, 0.1) is 0 Å². The van der Waals surface area contributed by atoms with Crippen molar-refractivity contribution in [3.05, 3.63) is 22.2 Å². The van der Waals surface area contributed by atoms with Crippen molar-refractivity contribution in [3.63, 3.8) is 0 Å². The molecule has 1 aromatic rings. The van der Waals surface area contributed by atoms with Gasteiger partial charge < -0.3 is 24.3 Å². The lowest BCUT2D eigenvalue weighted by Gasteiger charge is -2.36. The number of methoxy groups -OCH3 is 2. The van der Waals surface area contributed by atoms with Crippen LogP contribution in [-0.2, 0) is 9.47 Å². The maximum absolute atomic E-state index is 11.9. The third-order valence-electron chi connectivity index (χ3n) is 3.76. The van der Waals surface area contributed by atoms with Crippen molar-refractivity contribution >= 4 is 28.0 Å². The quantitative estimate of drug-likeness (QED) is 0.718. The van der Waals surface area contributed by atoms with E-state index in [0.717, 1.165) is 0 Å². The predicted molar refractivity (Wildman–Crippen MR) is 98.8 cm³/mol. The van der Waals surface area contributed by atoms with Gasteiger partial charge in [-0.2, -0.15) is 0 Å². The van der Waals surface area contributed by atoms with Crippen molar-refractivity contribution in [2.24, 2.45) is 0 Å². The van der Waals surface area contributed by atoms with Crippen molar-refractivity contribution in [2.45, 2.75) is 51.4 Å². The topological polar surface area (TPSA) is 83.1 Å². The van der Waals surface area contributed by atoms with E-state index >= 15 is 0 Å². The van der Waals surface area contributed by atoms with E-state index in [9.17, 15) is 9.59 Å². The molecule has 1 aliphatic carbocycles. The van der Waals surface area contributed by atoms with Gasteiger partial charge in [0.15, 0.2) is 0 Å². The van der Waals surface area contributed by atoms with Gasteiger partial charge in [0.25, 0.3) is 0 Å². The molecule has 1 amide bonds. The Morgan fingerprint density at radius 1 is 1.19 bits per heavy atom. The third kappa shape index (κ3) is 5.27. The molecule has 0 saturated heterocycles. The van der Waals surface area contributed by atoms with Crippen LogP contribution in [0.2, 0.25) is 0 Å². The lowest BCUT2D eigenvalue weighted by atomic mass is 9.89. The number of esters is 1. The zero-order chi connectivity index (χ0) is 19.5. The first-order valence-corrected chi connectivity index (χ1v) is 9.04. The molecule has 7 nitrogen and oxygen atoms in total. The molecule has 0 unspecified atom stereocenters. The van der Waals surface area contributed by atoms with Crippen molar-refractivity contribution in [1.82, 2.24) is 5.32 Å². The van der Waals surface area contributed by atoms with Crippen LogP contribution in [0.15, 0.2) is 16.6 Å². The number of ether oxygens (including phenoxy) is 4. The number of hydrogen-bond donors (Lipinski definition) is 1. The van der Waals surface area contributed by atoms with Gasteiger partial charge in [-0.05, 0) is 42.8 Å². The number of benzene rings is 1. The summed E-state index contributed by atoms with van der Waals surface area (Å²) in [6, 6.07) is 3.31. The van der Waals surface area contributed by atoms with Crippen molar-refractivity contribution in [2.75, 3.05) is 14.2 Å². The van der Waals surface area contributed by atoms with E-state index in [1.54, 1.807) is 12.1 Å². The van der Waals surface area contributed by atoms with Crippen LogP contribution >= 0.6 is 15.9 Å². The van der Waals surface area contributed by atoms with Crippen molar-refractivity contribution in [1.29, 1.82) is 0 Å². The molecule has 1 aliphatic rings. The molecular weight excluding hydrogens is 406 g/mol. The molecule has 0 spiro atoms. The van der Waals surface area contributed by atoms with Crippen LogP contribution in [0.1, 0.15) is 44.0 Å². The van der Waals surface area contributed by atoms with Crippen LogP contribution in [-0.4, -0.2) is 44.0 Å². The summed E-state index contributed by atoms with van der Waals surface area (Å²) in [6.07, 6.45) is 0.821. The van der Waals surface area contributed by atoms with E-state index in [0.29, 0.717) is 34.4 Å². The first-order valence-electron chi connectivity index (χ1n) is 8.25. The second kappa shape index (κ2) is 8.16. The van der Waals surface area contributed by atoms with Crippen LogP contribution in [0.25, 0.3) is 0 Å². The molecule has 2 rings (SSSR count). The highest BCUT2D eigenvalue weighted by molar-refractivity contribution is 9.10. The highest BCUT2D eigenvalue weighted by Crippen LogP contribution is 2.36. The summed E-state index contributed by atoms with van der Waals surface area (Å²) in [4.78, 5) is 23.6. The van der Waals surface area contributed by atoms with E-state index in [4.69, 9.17) is 18.9 Å². The largest absolute Gasteiger partial charge is 0.495 e. The molecule has 0 atom stereocenters. The SMILES string of the molecule is COC(=O)c1cc(O[C@H]2C[C@H](NC(=O)OC(C)(C)C)C2)cc(OC)c1Br. The molecule has 0 aliphatic heterocycles. The van der Waals surface area contributed by atoms with Crippen LogP contribution < -0.4 is 14.8 Å². The van der Waals surface area contributed by atoms with Crippen LogP contribution in [0.4, 0.5) is 4.79 Å². The number of nitrogens with one attached hydrogen (secondary N) is 1. The van der Waals surface area contributed by atoms with Gasteiger partial charge in [0.1, 0.15) is 23.2 Å².